The summed E-state index contributed by atoms with van der Waals surface area (Å²) in [6.07, 6.45) is 3.52. The molecule has 0 unspecified atom stereocenters. The van der Waals surface area contributed by atoms with Gasteiger partial charge in [0.2, 0.25) is 0 Å². The van der Waals surface area contributed by atoms with Crippen LogP contribution in [0.3, 0.4) is 0 Å². The lowest BCUT2D eigenvalue weighted by molar-refractivity contribution is 0.415. The van der Waals surface area contributed by atoms with Crippen molar-refractivity contribution in [2.24, 2.45) is 10.1 Å². The van der Waals surface area contributed by atoms with Crippen molar-refractivity contribution >= 4 is 17.2 Å². The Morgan fingerprint density at radius 1 is 0.840 bits per heavy atom. The van der Waals surface area contributed by atoms with Crippen LogP contribution in [-0.4, -0.2) is 23.6 Å². The Hall–Kier alpha value is -3.47. The van der Waals surface area contributed by atoms with Gasteiger partial charge in [-0.15, -0.1) is 0 Å². The number of hydrogen-bond acceptors (Lipinski definition) is 5. The number of amidine groups is 1. The molecule has 0 amide bonds. The van der Waals surface area contributed by atoms with E-state index in [1.165, 1.54) is 0 Å². The number of methoxy groups -OCH3 is 1. The molecule has 5 heteroatoms. The molecular weight excluding hydrogens is 312 g/mol. The standard InChI is InChI=1S/C20H16N4O/c1-25-16-8-6-15(7-9-16)20-22-18-5-3-2-4-17(18)19(23-24-20)14-10-12-21-13-11-14/h2-13H,1H3,(H,22,24). The number of nitrogens with zero attached hydrogens (tertiary/aromatic N) is 3. The van der Waals surface area contributed by atoms with Crippen LogP contribution in [0, 0.1) is 0 Å². The van der Waals surface area contributed by atoms with Gasteiger partial charge in [0.1, 0.15) is 11.5 Å². The molecule has 122 valence electrons. The van der Waals surface area contributed by atoms with E-state index in [-0.39, 0.29) is 0 Å². The summed E-state index contributed by atoms with van der Waals surface area (Å²) in [5, 5.41) is 4.61. The maximum absolute atomic E-state index is 5.22. The van der Waals surface area contributed by atoms with Gasteiger partial charge in [-0.1, -0.05) is 18.2 Å². The second-order valence-corrected chi connectivity index (χ2v) is 5.51. The summed E-state index contributed by atoms with van der Waals surface area (Å²) in [7, 11) is 1.65. The van der Waals surface area contributed by atoms with Crippen LogP contribution in [0.2, 0.25) is 0 Å². The van der Waals surface area contributed by atoms with Crippen LogP contribution in [0.4, 0.5) is 5.69 Å². The van der Waals surface area contributed by atoms with Crippen molar-refractivity contribution in [3.63, 3.8) is 0 Å². The van der Waals surface area contributed by atoms with Crippen LogP contribution in [0.15, 0.2) is 83.2 Å². The number of pyridine rings is 1. The van der Waals surface area contributed by atoms with Crippen LogP contribution in [0.1, 0.15) is 16.7 Å². The van der Waals surface area contributed by atoms with E-state index in [1.54, 1.807) is 19.5 Å². The predicted octanol–water partition coefficient (Wildman–Crippen LogP) is 3.52. The molecule has 4 rings (SSSR count). The Bertz CT molecular complexity index is 947. The number of ether oxygens (including phenoxy) is 1. The van der Waals surface area contributed by atoms with Crippen molar-refractivity contribution in [2.45, 2.75) is 0 Å². The van der Waals surface area contributed by atoms with Gasteiger partial charge < -0.3 is 4.74 Å². The molecule has 0 saturated carbocycles. The minimum absolute atomic E-state index is 0.694. The zero-order valence-electron chi connectivity index (χ0n) is 13.7. The van der Waals surface area contributed by atoms with Crippen molar-refractivity contribution in [3.05, 3.63) is 89.7 Å². The highest BCUT2D eigenvalue weighted by molar-refractivity contribution is 6.17. The summed E-state index contributed by atoms with van der Waals surface area (Å²) in [6.45, 7) is 0. The van der Waals surface area contributed by atoms with E-state index >= 15 is 0 Å². The summed E-state index contributed by atoms with van der Waals surface area (Å²) >= 11 is 0. The van der Waals surface area contributed by atoms with Gasteiger partial charge in [-0.25, -0.2) is 4.99 Å². The Balaban J connectivity index is 1.80. The van der Waals surface area contributed by atoms with E-state index in [9.17, 15) is 0 Å². The maximum Gasteiger partial charge on any atom is 0.154 e. The molecule has 1 aromatic heterocycles. The topological polar surface area (TPSA) is 58.9 Å². The van der Waals surface area contributed by atoms with E-state index < -0.39 is 0 Å². The summed E-state index contributed by atoms with van der Waals surface area (Å²) in [5.41, 5.74) is 7.72. The summed E-state index contributed by atoms with van der Waals surface area (Å²) in [4.78, 5) is 8.86. The third-order valence-corrected chi connectivity index (χ3v) is 3.98. The second kappa shape index (κ2) is 6.57. The fourth-order valence-electron chi connectivity index (χ4n) is 2.69. The van der Waals surface area contributed by atoms with Gasteiger partial charge in [0.25, 0.3) is 0 Å². The highest BCUT2D eigenvalue weighted by Crippen LogP contribution is 2.25. The lowest BCUT2D eigenvalue weighted by atomic mass is 10.0. The third kappa shape index (κ3) is 2.99. The van der Waals surface area contributed by atoms with E-state index in [4.69, 9.17) is 9.73 Å². The van der Waals surface area contributed by atoms with Gasteiger partial charge in [0, 0.05) is 29.1 Å². The van der Waals surface area contributed by atoms with Gasteiger partial charge in [-0.3, -0.25) is 10.4 Å². The van der Waals surface area contributed by atoms with Gasteiger partial charge in [-0.05, 0) is 42.5 Å². The van der Waals surface area contributed by atoms with Crippen molar-refractivity contribution in [2.75, 3.05) is 7.11 Å². The molecule has 3 aromatic rings. The number of benzene rings is 2. The Morgan fingerprint density at radius 3 is 2.36 bits per heavy atom. The molecule has 25 heavy (non-hydrogen) atoms. The Morgan fingerprint density at radius 2 is 1.60 bits per heavy atom. The second-order valence-electron chi connectivity index (χ2n) is 5.51. The van der Waals surface area contributed by atoms with Gasteiger partial charge >= 0.3 is 0 Å². The number of hydrazone groups is 1. The largest absolute Gasteiger partial charge is 0.497 e. The SMILES string of the molecule is COc1ccc(C2=Nc3ccccc3C(c3ccncc3)=NN2)cc1. The average molecular weight is 328 g/mol. The normalized spacial score (nSPS) is 13.0. The molecule has 0 atom stereocenters. The quantitative estimate of drug-likeness (QED) is 0.800. The average Bonchev–Trinajstić information content (AvgIpc) is 2.88. The van der Waals surface area contributed by atoms with Crippen molar-refractivity contribution in [1.82, 2.24) is 10.4 Å². The molecule has 1 N–H and O–H groups in total. The lowest BCUT2D eigenvalue weighted by Crippen LogP contribution is -2.19. The smallest absolute Gasteiger partial charge is 0.154 e. The minimum Gasteiger partial charge on any atom is -0.497 e. The molecule has 1 aliphatic heterocycles. The molecule has 1 aliphatic rings. The van der Waals surface area contributed by atoms with Crippen LogP contribution >= 0.6 is 0 Å². The monoisotopic (exact) mass is 328 g/mol. The molecule has 0 saturated heterocycles. The van der Waals surface area contributed by atoms with Crippen LogP contribution in [0.25, 0.3) is 0 Å². The first-order valence-corrected chi connectivity index (χ1v) is 7.92. The molecule has 0 spiro atoms. The summed E-state index contributed by atoms with van der Waals surface area (Å²) in [5.74, 6) is 1.50. The first-order chi connectivity index (χ1) is 12.3. The van der Waals surface area contributed by atoms with E-state index in [2.05, 4.69) is 15.5 Å². The predicted molar refractivity (Wildman–Crippen MR) is 98.6 cm³/mol. The fourth-order valence-corrected chi connectivity index (χ4v) is 2.69. The van der Waals surface area contributed by atoms with Crippen LogP contribution in [-0.2, 0) is 0 Å². The summed E-state index contributed by atoms with van der Waals surface area (Å²) < 4.78 is 5.22. The molecule has 2 heterocycles. The number of aliphatic imine (C=N–C) groups is 1. The number of hydrogen-bond donors (Lipinski definition) is 1. The maximum atomic E-state index is 5.22. The fraction of sp³-hybridized carbons (Fsp3) is 0.0500. The van der Waals surface area contributed by atoms with Crippen LogP contribution < -0.4 is 10.2 Å². The Kier molecular flexibility index (Phi) is 3.96. The number of rotatable bonds is 3. The van der Waals surface area contributed by atoms with Gasteiger partial charge in [0.05, 0.1) is 12.8 Å². The van der Waals surface area contributed by atoms with E-state index in [1.807, 2.05) is 60.7 Å². The first kappa shape index (κ1) is 15.1. The van der Waals surface area contributed by atoms with Gasteiger partial charge in [-0.2, -0.15) is 5.10 Å². The number of nitrogens with one attached hydrogen (secondary N) is 1. The van der Waals surface area contributed by atoms with Gasteiger partial charge in [0.15, 0.2) is 5.84 Å². The summed E-state index contributed by atoms with van der Waals surface area (Å²) in [6, 6.07) is 19.6. The lowest BCUT2D eigenvalue weighted by Gasteiger charge is -2.06. The van der Waals surface area contributed by atoms with E-state index in [0.29, 0.717) is 5.84 Å². The van der Waals surface area contributed by atoms with Crippen molar-refractivity contribution in [3.8, 4) is 5.75 Å². The Labute approximate surface area is 145 Å². The minimum atomic E-state index is 0.694. The first-order valence-electron chi connectivity index (χ1n) is 7.92. The molecule has 0 bridgehead atoms. The van der Waals surface area contributed by atoms with Crippen molar-refractivity contribution in [1.29, 1.82) is 0 Å². The van der Waals surface area contributed by atoms with Crippen molar-refractivity contribution < 1.29 is 4.74 Å². The number of para-hydroxylation sites is 1. The molecule has 2 aromatic carbocycles. The van der Waals surface area contributed by atoms with Crippen LogP contribution in [0.5, 0.6) is 5.75 Å². The number of fused-ring (bicyclic) bond motifs is 1. The molecule has 0 fully saturated rings. The third-order valence-electron chi connectivity index (χ3n) is 3.98. The highest BCUT2D eigenvalue weighted by Gasteiger charge is 2.16. The number of aromatic nitrogens is 1. The molecule has 0 aliphatic carbocycles. The zero-order chi connectivity index (χ0) is 17.1. The van der Waals surface area contributed by atoms with E-state index in [0.717, 1.165) is 33.8 Å². The highest BCUT2D eigenvalue weighted by atomic mass is 16.5. The zero-order valence-corrected chi connectivity index (χ0v) is 13.7. The molecular formula is C20H16N4O. The molecule has 5 nitrogen and oxygen atoms in total. The molecule has 0 radical (unpaired) electrons.